The van der Waals surface area contributed by atoms with E-state index in [2.05, 4.69) is 13.8 Å². The van der Waals surface area contributed by atoms with E-state index < -0.39 is 10.0 Å². The van der Waals surface area contributed by atoms with Gasteiger partial charge in [-0.25, -0.2) is 8.42 Å². The average Bonchev–Trinajstić information content (AvgIpc) is 2.78. The molecule has 1 fully saturated rings. The highest BCUT2D eigenvalue weighted by Gasteiger charge is 2.33. The van der Waals surface area contributed by atoms with Crippen LogP contribution in [0, 0.1) is 5.92 Å². The van der Waals surface area contributed by atoms with Gasteiger partial charge in [0.1, 0.15) is 0 Å². The molecule has 0 radical (unpaired) electrons. The molecule has 0 spiro atoms. The molecule has 0 aliphatic carbocycles. The predicted molar refractivity (Wildman–Crippen MR) is 120 cm³/mol. The lowest BCUT2D eigenvalue weighted by molar-refractivity contribution is -0.137. The third kappa shape index (κ3) is 5.10. The zero-order valence-corrected chi connectivity index (χ0v) is 18.9. The molecule has 1 aliphatic rings. The van der Waals surface area contributed by atoms with Gasteiger partial charge >= 0.3 is 0 Å². The maximum absolute atomic E-state index is 13.0. The van der Waals surface area contributed by atoms with Crippen molar-refractivity contribution < 1.29 is 13.2 Å². The Hall–Kier alpha value is -2.18. The smallest absolute Gasteiger partial charge is 0.243 e. The summed E-state index contributed by atoms with van der Waals surface area (Å²) in [5.74, 6) is 0.365. The monoisotopic (exact) mass is 428 g/mol. The summed E-state index contributed by atoms with van der Waals surface area (Å²) in [6, 6.07) is 17.1. The summed E-state index contributed by atoms with van der Waals surface area (Å²) in [4.78, 5) is 15.2. The molecule has 6 heteroatoms. The molecule has 162 valence electrons. The molecule has 0 saturated carbocycles. The molecule has 0 N–H and O–H groups in total. The Morgan fingerprint density at radius 3 is 2.17 bits per heavy atom. The number of nitrogens with zero attached hydrogens (tertiary/aromatic N) is 2. The SMILES string of the molecule is CCN(Cc1ccccc1)C(=O)C1CCN(S(=O)(=O)c2ccc(C(C)C)cc2)CC1. The lowest BCUT2D eigenvalue weighted by atomic mass is 9.96. The van der Waals surface area contributed by atoms with E-state index in [1.54, 1.807) is 12.1 Å². The number of amides is 1. The number of hydrogen-bond acceptors (Lipinski definition) is 3. The maximum atomic E-state index is 13.0. The van der Waals surface area contributed by atoms with Crippen molar-refractivity contribution >= 4 is 15.9 Å². The lowest BCUT2D eigenvalue weighted by Crippen LogP contribution is -2.44. The van der Waals surface area contributed by atoms with Crippen LogP contribution in [-0.4, -0.2) is 43.2 Å². The minimum atomic E-state index is -3.52. The largest absolute Gasteiger partial charge is 0.338 e. The Morgan fingerprint density at radius 2 is 1.63 bits per heavy atom. The van der Waals surface area contributed by atoms with Gasteiger partial charge in [0.25, 0.3) is 0 Å². The van der Waals surface area contributed by atoms with E-state index in [9.17, 15) is 13.2 Å². The quantitative estimate of drug-likeness (QED) is 0.662. The number of carbonyl (C=O) groups is 1. The van der Waals surface area contributed by atoms with E-state index in [1.807, 2.05) is 54.3 Å². The first-order valence-corrected chi connectivity index (χ1v) is 12.2. The summed E-state index contributed by atoms with van der Waals surface area (Å²) in [5.41, 5.74) is 2.23. The first kappa shape index (κ1) is 22.5. The van der Waals surface area contributed by atoms with Crippen LogP contribution in [-0.2, 0) is 21.4 Å². The van der Waals surface area contributed by atoms with E-state index in [1.165, 1.54) is 4.31 Å². The Labute approximate surface area is 180 Å². The maximum Gasteiger partial charge on any atom is 0.243 e. The minimum Gasteiger partial charge on any atom is -0.338 e. The third-order valence-electron chi connectivity index (χ3n) is 5.90. The first-order chi connectivity index (χ1) is 14.3. The van der Waals surface area contributed by atoms with E-state index >= 15 is 0 Å². The number of carbonyl (C=O) groups excluding carboxylic acids is 1. The standard InChI is InChI=1S/C24H32N2O3S/c1-4-25(18-20-8-6-5-7-9-20)24(27)22-14-16-26(17-15-22)30(28,29)23-12-10-21(11-13-23)19(2)3/h5-13,19,22H,4,14-18H2,1-3H3. The molecule has 1 amide bonds. The van der Waals surface area contributed by atoms with Crippen molar-refractivity contribution in [2.24, 2.45) is 5.92 Å². The van der Waals surface area contributed by atoms with Gasteiger partial charge < -0.3 is 4.90 Å². The molecular weight excluding hydrogens is 396 g/mol. The highest BCUT2D eigenvalue weighted by Crippen LogP contribution is 2.26. The number of sulfonamides is 1. The lowest BCUT2D eigenvalue weighted by Gasteiger charge is -2.33. The van der Waals surface area contributed by atoms with Crippen molar-refractivity contribution in [3.63, 3.8) is 0 Å². The average molecular weight is 429 g/mol. The molecule has 2 aromatic rings. The van der Waals surface area contributed by atoms with Gasteiger partial charge in [-0.3, -0.25) is 4.79 Å². The van der Waals surface area contributed by atoms with Crippen LogP contribution >= 0.6 is 0 Å². The highest BCUT2D eigenvalue weighted by molar-refractivity contribution is 7.89. The van der Waals surface area contributed by atoms with Crippen LogP contribution in [0.4, 0.5) is 0 Å². The molecular formula is C24H32N2O3S. The van der Waals surface area contributed by atoms with Gasteiger partial charge in [0.15, 0.2) is 0 Å². The molecule has 5 nitrogen and oxygen atoms in total. The van der Waals surface area contributed by atoms with Gasteiger partial charge in [0.2, 0.25) is 15.9 Å². The summed E-state index contributed by atoms with van der Waals surface area (Å²) >= 11 is 0. The van der Waals surface area contributed by atoms with Crippen molar-refractivity contribution in [3.8, 4) is 0 Å². The van der Waals surface area contributed by atoms with Crippen LogP contribution in [0.5, 0.6) is 0 Å². The number of piperidine rings is 1. The molecule has 1 saturated heterocycles. The summed E-state index contributed by atoms with van der Waals surface area (Å²) in [7, 11) is -3.52. The fraction of sp³-hybridized carbons (Fsp3) is 0.458. The van der Waals surface area contributed by atoms with Gasteiger partial charge in [-0.1, -0.05) is 56.3 Å². The van der Waals surface area contributed by atoms with Gasteiger partial charge in [0.05, 0.1) is 4.90 Å². The first-order valence-electron chi connectivity index (χ1n) is 10.8. The van der Waals surface area contributed by atoms with Gasteiger partial charge in [-0.15, -0.1) is 0 Å². The third-order valence-corrected chi connectivity index (χ3v) is 7.81. The Balaban J connectivity index is 1.62. The fourth-order valence-corrected chi connectivity index (χ4v) is 5.39. The minimum absolute atomic E-state index is 0.122. The van der Waals surface area contributed by atoms with Gasteiger partial charge in [-0.2, -0.15) is 4.31 Å². The topological polar surface area (TPSA) is 57.7 Å². The second kappa shape index (κ2) is 9.75. The summed E-state index contributed by atoms with van der Waals surface area (Å²) in [5, 5.41) is 0. The molecule has 0 atom stereocenters. The Bertz CT molecular complexity index is 932. The Morgan fingerprint density at radius 1 is 1.03 bits per heavy atom. The molecule has 0 aromatic heterocycles. The van der Waals surface area contributed by atoms with Crippen molar-refractivity contribution in [2.75, 3.05) is 19.6 Å². The summed E-state index contributed by atoms with van der Waals surface area (Å²) in [6.07, 6.45) is 1.13. The molecule has 0 bridgehead atoms. The van der Waals surface area contributed by atoms with Crippen LogP contribution in [0.3, 0.4) is 0 Å². The van der Waals surface area contributed by atoms with Crippen LogP contribution < -0.4 is 0 Å². The van der Waals surface area contributed by atoms with E-state index in [0.717, 1.165) is 11.1 Å². The summed E-state index contributed by atoms with van der Waals surface area (Å²) < 4.78 is 27.5. The van der Waals surface area contributed by atoms with Crippen molar-refractivity contribution in [3.05, 3.63) is 65.7 Å². The zero-order valence-electron chi connectivity index (χ0n) is 18.1. The van der Waals surface area contributed by atoms with E-state index in [-0.39, 0.29) is 11.8 Å². The number of rotatable bonds is 7. The van der Waals surface area contributed by atoms with Crippen molar-refractivity contribution in [1.82, 2.24) is 9.21 Å². The van der Waals surface area contributed by atoms with Gasteiger partial charge in [-0.05, 0) is 48.9 Å². The molecule has 0 unspecified atom stereocenters. The second-order valence-electron chi connectivity index (χ2n) is 8.24. The summed E-state index contributed by atoms with van der Waals surface area (Å²) in [6.45, 7) is 8.17. The predicted octanol–water partition coefficient (Wildman–Crippen LogP) is 4.26. The van der Waals surface area contributed by atoms with Crippen molar-refractivity contribution in [1.29, 1.82) is 0 Å². The molecule has 2 aromatic carbocycles. The van der Waals surface area contributed by atoms with Crippen LogP contribution in [0.25, 0.3) is 0 Å². The van der Waals surface area contributed by atoms with Gasteiger partial charge in [0, 0.05) is 32.1 Å². The fourth-order valence-electron chi connectivity index (χ4n) is 3.92. The Kier molecular flexibility index (Phi) is 7.32. The van der Waals surface area contributed by atoms with Crippen LogP contribution in [0.1, 0.15) is 50.7 Å². The van der Waals surface area contributed by atoms with Crippen LogP contribution in [0.2, 0.25) is 0 Å². The molecule has 3 rings (SSSR count). The van der Waals surface area contributed by atoms with E-state index in [0.29, 0.717) is 49.8 Å². The van der Waals surface area contributed by atoms with Crippen LogP contribution in [0.15, 0.2) is 59.5 Å². The number of hydrogen-bond donors (Lipinski definition) is 0. The molecule has 1 aliphatic heterocycles. The second-order valence-corrected chi connectivity index (χ2v) is 10.2. The zero-order chi connectivity index (χ0) is 21.7. The normalized spacial score (nSPS) is 16.0. The molecule has 1 heterocycles. The molecule has 30 heavy (non-hydrogen) atoms. The van der Waals surface area contributed by atoms with Crippen molar-refractivity contribution in [2.45, 2.75) is 51.0 Å². The highest BCUT2D eigenvalue weighted by atomic mass is 32.2. The number of benzene rings is 2. The van der Waals surface area contributed by atoms with E-state index in [4.69, 9.17) is 0 Å².